The van der Waals surface area contributed by atoms with Gasteiger partial charge in [-0.05, 0) is 20.3 Å². The molecule has 0 saturated carbocycles. The van der Waals surface area contributed by atoms with Crippen molar-refractivity contribution in [3.8, 4) is 0 Å². The van der Waals surface area contributed by atoms with E-state index >= 15 is 0 Å². The highest BCUT2D eigenvalue weighted by atomic mass is 16.6. The zero-order chi connectivity index (χ0) is 15.1. The van der Waals surface area contributed by atoms with Gasteiger partial charge >= 0.3 is 5.97 Å². The largest absolute Gasteiger partial charge is 0.465 e. The van der Waals surface area contributed by atoms with E-state index < -0.39 is 4.92 Å². The molecule has 110 valence electrons. The van der Waals surface area contributed by atoms with E-state index in [2.05, 4.69) is 4.98 Å². The number of aromatic nitrogens is 1. The molecule has 0 radical (unpaired) electrons. The number of rotatable bonds is 7. The fraction of sp³-hybridized carbons (Fsp3) is 0.538. The first kappa shape index (κ1) is 15.9. The molecule has 1 aromatic rings. The lowest BCUT2D eigenvalue weighted by molar-refractivity contribution is -0.385. The Morgan fingerprint density at radius 3 is 2.75 bits per heavy atom. The van der Waals surface area contributed by atoms with Gasteiger partial charge in [0.05, 0.1) is 17.6 Å². The van der Waals surface area contributed by atoms with Crippen molar-refractivity contribution in [3.63, 3.8) is 0 Å². The second-order valence-corrected chi connectivity index (χ2v) is 4.31. The molecule has 1 rings (SSSR count). The van der Waals surface area contributed by atoms with E-state index in [1.54, 1.807) is 18.7 Å². The average Bonchev–Trinajstić information content (AvgIpc) is 2.38. The van der Waals surface area contributed by atoms with Crippen LogP contribution < -0.4 is 4.90 Å². The van der Waals surface area contributed by atoms with E-state index in [1.165, 1.54) is 12.3 Å². The van der Waals surface area contributed by atoms with Crippen molar-refractivity contribution >= 4 is 17.5 Å². The van der Waals surface area contributed by atoms with E-state index in [9.17, 15) is 14.9 Å². The normalized spacial score (nSPS) is 10.2. The fourth-order valence-corrected chi connectivity index (χ4v) is 1.78. The van der Waals surface area contributed by atoms with Crippen LogP contribution in [0.25, 0.3) is 0 Å². The van der Waals surface area contributed by atoms with Gasteiger partial charge in [0.2, 0.25) is 0 Å². The Morgan fingerprint density at radius 2 is 2.20 bits per heavy atom. The Kier molecular flexibility index (Phi) is 5.89. The monoisotopic (exact) mass is 281 g/mol. The van der Waals surface area contributed by atoms with E-state index in [4.69, 9.17) is 4.74 Å². The van der Waals surface area contributed by atoms with Gasteiger partial charge in [0.1, 0.15) is 12.4 Å². The van der Waals surface area contributed by atoms with Crippen molar-refractivity contribution in [3.05, 3.63) is 27.9 Å². The Hall–Kier alpha value is -2.18. The van der Waals surface area contributed by atoms with Crippen LogP contribution >= 0.6 is 0 Å². The molecule has 0 fully saturated rings. The molecule has 0 amide bonds. The van der Waals surface area contributed by atoms with Gasteiger partial charge in [-0.1, -0.05) is 6.92 Å². The second-order valence-electron chi connectivity index (χ2n) is 4.31. The molecule has 0 bridgehead atoms. The van der Waals surface area contributed by atoms with Crippen molar-refractivity contribution in [2.75, 3.05) is 24.6 Å². The molecule has 1 aromatic heterocycles. The van der Waals surface area contributed by atoms with Gasteiger partial charge in [0.15, 0.2) is 0 Å². The molecule has 0 aliphatic heterocycles. The first-order chi connectivity index (χ1) is 9.49. The molecule has 7 nitrogen and oxygen atoms in total. The lowest BCUT2D eigenvalue weighted by Crippen LogP contribution is -2.32. The number of anilines is 1. The van der Waals surface area contributed by atoms with Gasteiger partial charge in [0.25, 0.3) is 5.69 Å². The van der Waals surface area contributed by atoms with Crippen LogP contribution in [0.5, 0.6) is 0 Å². The van der Waals surface area contributed by atoms with Crippen LogP contribution in [-0.2, 0) is 9.53 Å². The zero-order valence-corrected chi connectivity index (χ0v) is 12.0. The summed E-state index contributed by atoms with van der Waals surface area (Å²) in [5, 5.41) is 10.9. The summed E-state index contributed by atoms with van der Waals surface area (Å²) in [6.07, 6.45) is 2.24. The van der Waals surface area contributed by atoms with Gasteiger partial charge in [0, 0.05) is 18.3 Å². The van der Waals surface area contributed by atoms with Crippen molar-refractivity contribution in [1.82, 2.24) is 4.98 Å². The van der Waals surface area contributed by atoms with Gasteiger partial charge in [-0.2, -0.15) is 0 Å². The molecular weight excluding hydrogens is 262 g/mol. The first-order valence-corrected chi connectivity index (χ1v) is 6.51. The van der Waals surface area contributed by atoms with E-state index in [0.717, 1.165) is 6.42 Å². The third-order valence-corrected chi connectivity index (χ3v) is 2.70. The molecule has 7 heteroatoms. The van der Waals surface area contributed by atoms with E-state index in [1.807, 2.05) is 6.92 Å². The van der Waals surface area contributed by atoms with Crippen LogP contribution in [0.2, 0.25) is 0 Å². The Labute approximate surface area is 117 Å². The maximum absolute atomic E-state index is 11.6. The van der Waals surface area contributed by atoms with Gasteiger partial charge in [-0.3, -0.25) is 14.9 Å². The zero-order valence-electron chi connectivity index (χ0n) is 12.0. The summed E-state index contributed by atoms with van der Waals surface area (Å²) in [5.41, 5.74) is 0.492. The predicted molar refractivity (Wildman–Crippen MR) is 74.8 cm³/mol. The number of hydrogen-bond donors (Lipinski definition) is 0. The highest BCUT2D eigenvalue weighted by Crippen LogP contribution is 2.22. The number of pyridine rings is 1. The average molecular weight is 281 g/mol. The number of nitro groups is 1. The number of ether oxygens (including phenoxy) is 1. The lowest BCUT2D eigenvalue weighted by Gasteiger charge is -2.21. The van der Waals surface area contributed by atoms with E-state index in [0.29, 0.717) is 24.5 Å². The van der Waals surface area contributed by atoms with Crippen LogP contribution in [0.1, 0.15) is 25.8 Å². The van der Waals surface area contributed by atoms with Crippen LogP contribution in [0.3, 0.4) is 0 Å². The number of esters is 1. The summed E-state index contributed by atoms with van der Waals surface area (Å²) in [5.74, 6) is 0.0446. The summed E-state index contributed by atoms with van der Waals surface area (Å²) in [4.78, 5) is 27.9. The summed E-state index contributed by atoms with van der Waals surface area (Å²) < 4.78 is 4.90. The van der Waals surface area contributed by atoms with Gasteiger partial charge in [-0.15, -0.1) is 0 Å². The Bertz CT molecular complexity index is 491. The number of hydrogen-bond acceptors (Lipinski definition) is 6. The highest BCUT2D eigenvalue weighted by Gasteiger charge is 2.18. The minimum absolute atomic E-state index is 0.0000352. The standard InChI is InChI=1S/C13H19N3O4/c1-4-6-15(9-13(17)20-5-2)12-7-11(16(18)19)10(3)8-14-12/h7-8H,4-6,9H2,1-3H3. The molecule has 0 saturated heterocycles. The van der Waals surface area contributed by atoms with E-state index in [-0.39, 0.29) is 18.2 Å². The Morgan fingerprint density at radius 1 is 1.50 bits per heavy atom. The van der Waals surface area contributed by atoms with Crippen LogP contribution in [0, 0.1) is 17.0 Å². The minimum Gasteiger partial charge on any atom is -0.465 e. The van der Waals surface area contributed by atoms with Crippen molar-refractivity contribution in [1.29, 1.82) is 0 Å². The summed E-state index contributed by atoms with van der Waals surface area (Å²) in [6, 6.07) is 1.39. The number of aryl methyl sites for hydroxylation is 1. The number of nitrogens with zero attached hydrogens (tertiary/aromatic N) is 3. The number of carbonyl (C=O) groups excluding carboxylic acids is 1. The van der Waals surface area contributed by atoms with Crippen molar-refractivity contribution in [2.24, 2.45) is 0 Å². The third-order valence-electron chi connectivity index (χ3n) is 2.70. The van der Waals surface area contributed by atoms with Gasteiger partial charge in [-0.25, -0.2) is 4.98 Å². The predicted octanol–water partition coefficient (Wildman–Crippen LogP) is 2.08. The molecule has 0 aliphatic carbocycles. The summed E-state index contributed by atoms with van der Waals surface area (Å²) in [6.45, 7) is 6.24. The SMILES string of the molecule is CCCN(CC(=O)OCC)c1cc([N+](=O)[O-])c(C)cn1. The smallest absolute Gasteiger partial charge is 0.325 e. The van der Waals surface area contributed by atoms with Crippen LogP contribution in [0.4, 0.5) is 11.5 Å². The molecule has 20 heavy (non-hydrogen) atoms. The molecule has 0 spiro atoms. The maximum atomic E-state index is 11.6. The quantitative estimate of drug-likeness (QED) is 0.432. The summed E-state index contributed by atoms with van der Waals surface area (Å²) in [7, 11) is 0. The minimum atomic E-state index is -0.449. The molecule has 0 N–H and O–H groups in total. The summed E-state index contributed by atoms with van der Waals surface area (Å²) >= 11 is 0. The topological polar surface area (TPSA) is 85.6 Å². The molecule has 0 aromatic carbocycles. The molecule has 0 aliphatic rings. The van der Waals surface area contributed by atoms with Crippen LogP contribution in [-0.4, -0.2) is 35.6 Å². The van der Waals surface area contributed by atoms with Crippen LogP contribution in [0.15, 0.2) is 12.3 Å². The lowest BCUT2D eigenvalue weighted by atomic mass is 10.2. The second kappa shape index (κ2) is 7.42. The fourth-order valence-electron chi connectivity index (χ4n) is 1.78. The Balaban J connectivity index is 2.99. The van der Waals surface area contributed by atoms with Crippen molar-refractivity contribution in [2.45, 2.75) is 27.2 Å². The molecular formula is C13H19N3O4. The van der Waals surface area contributed by atoms with Gasteiger partial charge < -0.3 is 9.64 Å². The maximum Gasteiger partial charge on any atom is 0.325 e. The molecule has 1 heterocycles. The molecule has 0 unspecified atom stereocenters. The first-order valence-electron chi connectivity index (χ1n) is 6.51. The highest BCUT2D eigenvalue weighted by molar-refractivity contribution is 5.75. The number of carbonyl (C=O) groups is 1. The molecule has 0 atom stereocenters. The third kappa shape index (κ3) is 4.18. The van der Waals surface area contributed by atoms with Crippen molar-refractivity contribution < 1.29 is 14.5 Å².